The molecular formula is C58H93N13O19. The second-order valence-corrected chi connectivity index (χ2v) is 25.2. The van der Waals surface area contributed by atoms with Crippen molar-refractivity contribution >= 4 is 77.4 Å². The van der Waals surface area contributed by atoms with E-state index >= 15 is 0 Å². The summed E-state index contributed by atoms with van der Waals surface area (Å²) in [5.41, 5.74) is -2.36. The minimum atomic E-state index is -1.84. The highest BCUT2D eigenvalue weighted by Crippen LogP contribution is 2.14. The molecule has 32 nitrogen and oxygen atoms in total. The summed E-state index contributed by atoms with van der Waals surface area (Å²) in [5, 5.41) is 63.4. The van der Waals surface area contributed by atoms with Gasteiger partial charge in [0.1, 0.15) is 77.3 Å². The van der Waals surface area contributed by atoms with Crippen LogP contribution in [0.4, 0.5) is 14.4 Å². The van der Waals surface area contributed by atoms with Crippen molar-refractivity contribution in [2.75, 3.05) is 32.8 Å². The van der Waals surface area contributed by atoms with Crippen LogP contribution >= 0.6 is 0 Å². The van der Waals surface area contributed by atoms with E-state index in [0.717, 1.165) is 6.92 Å². The van der Waals surface area contributed by atoms with E-state index in [2.05, 4.69) is 69.1 Å². The fraction of sp³-hybridized carbons (Fsp3) is 0.672. The van der Waals surface area contributed by atoms with Gasteiger partial charge in [0.05, 0.1) is 12.7 Å². The highest BCUT2D eigenvalue weighted by Gasteiger charge is 2.39. The number of benzene rings is 1. The largest absolute Gasteiger partial charge is 0.444 e. The SMILES string of the molecule is CC(C)C[C@@H]1NC(=O)[C@@H](Cc2ccccc2)NC(=O)[C@H](CCNC(=O)OC(C)(C)C)NC(=O)[C@@H](NC(=O)[C@@H](CO)NC(=O)[C@@H]2C[C@@H](O)C(=O)N2)CCNC(=O)[C@H]([C@@H](C)O)NC(=O)[C@H](CCNC(=O)OC(C)(C)C)NC(=O)[C@H](CCNC(=O)OC(C)(C)C)NC1=O. The van der Waals surface area contributed by atoms with Crippen molar-refractivity contribution < 1.29 is 91.9 Å². The first-order valence-electron chi connectivity index (χ1n) is 29.8. The van der Waals surface area contributed by atoms with Crippen molar-refractivity contribution in [2.24, 2.45) is 5.92 Å². The molecule has 0 spiro atoms. The summed E-state index contributed by atoms with van der Waals surface area (Å²) < 4.78 is 16.0. The monoisotopic (exact) mass is 1280 g/mol. The summed E-state index contributed by atoms with van der Waals surface area (Å²) >= 11 is 0. The molecule has 0 bridgehead atoms. The van der Waals surface area contributed by atoms with Crippen LogP contribution in [0.15, 0.2) is 30.3 Å². The van der Waals surface area contributed by atoms with Gasteiger partial charge in [0.15, 0.2) is 0 Å². The minimum absolute atomic E-state index is 0.0819. The number of hydrogen-bond acceptors (Lipinski definition) is 19. The van der Waals surface area contributed by atoms with E-state index in [1.807, 2.05) is 0 Å². The van der Waals surface area contributed by atoms with E-state index < -0.39 is 193 Å². The molecule has 2 aliphatic rings. The van der Waals surface area contributed by atoms with Gasteiger partial charge in [0, 0.05) is 39.0 Å². The topological polar surface area (TPSA) is 467 Å². The van der Waals surface area contributed by atoms with Gasteiger partial charge in [-0.25, -0.2) is 14.4 Å². The molecule has 0 saturated carbocycles. The highest BCUT2D eigenvalue weighted by molar-refractivity contribution is 5.99. The zero-order valence-corrected chi connectivity index (χ0v) is 53.2. The number of nitrogens with one attached hydrogen (secondary N) is 13. The first-order valence-corrected chi connectivity index (χ1v) is 29.8. The molecule has 2 saturated heterocycles. The number of ether oxygens (including phenoxy) is 3. The van der Waals surface area contributed by atoms with Gasteiger partial charge < -0.3 is 98.6 Å². The van der Waals surface area contributed by atoms with Crippen molar-refractivity contribution in [3.8, 4) is 0 Å². The lowest BCUT2D eigenvalue weighted by molar-refractivity contribution is -0.136. The molecule has 11 atom stereocenters. The molecule has 504 valence electrons. The molecule has 0 unspecified atom stereocenters. The number of carbonyl (C=O) groups is 13. The molecule has 1 aromatic rings. The molecule has 2 fully saturated rings. The van der Waals surface area contributed by atoms with Gasteiger partial charge >= 0.3 is 18.3 Å². The maximum atomic E-state index is 14.8. The van der Waals surface area contributed by atoms with Crippen LogP contribution in [0.25, 0.3) is 0 Å². The Labute approximate surface area is 522 Å². The standard InChI is InChI=1S/C58H93N13O19/c1-30(2)26-37-47(79)65-34(19-23-60-53(85)88-56(4,5)6)44(76)64-36(21-25-62-55(87)90-58(10,11)12)46(78)71-42(31(3)73)52(84)59-22-18-33(66-50(82)40(29-72)70-49(81)39-28-41(74)51(83)69-39)43(75)63-35(20-24-61-54(86)89-57(7,8)9)45(77)68-38(48(80)67-37)27-32-16-14-13-15-17-32/h13-17,30-31,33-42,72-74H,18-29H2,1-12H3,(H,59,84)(H,60,85)(H,61,86)(H,62,87)(H,63,75)(H,64,76)(H,65,79)(H,66,82)(H,67,80)(H,68,77)(H,69,83)(H,70,81)(H,71,78)/t31-,33+,34+,35+,36+,37+,38-,39+,40-,41-,42+/m1/s1. The quantitative estimate of drug-likeness (QED) is 0.0616. The smallest absolute Gasteiger partial charge is 0.407 e. The zero-order valence-electron chi connectivity index (χ0n) is 53.2. The first-order chi connectivity index (χ1) is 41.8. The van der Waals surface area contributed by atoms with Crippen LogP contribution in [0.2, 0.25) is 0 Å². The molecule has 2 aliphatic heterocycles. The fourth-order valence-electron chi connectivity index (χ4n) is 8.77. The van der Waals surface area contributed by atoms with E-state index in [0.29, 0.717) is 5.56 Å². The summed E-state index contributed by atoms with van der Waals surface area (Å²) in [6, 6.07) is -6.52. The van der Waals surface area contributed by atoms with Crippen molar-refractivity contribution in [1.82, 2.24) is 69.1 Å². The lowest BCUT2D eigenvalue weighted by atomic mass is 10.00. The predicted molar refractivity (Wildman–Crippen MR) is 321 cm³/mol. The normalized spacial score (nSPS) is 23.7. The molecule has 1 aromatic carbocycles. The van der Waals surface area contributed by atoms with E-state index in [-0.39, 0.29) is 51.2 Å². The van der Waals surface area contributed by atoms with Crippen LogP contribution in [0.3, 0.4) is 0 Å². The molecule has 16 N–H and O–H groups in total. The Kier molecular flexibility index (Phi) is 29.6. The number of amides is 13. The number of rotatable bonds is 19. The molecular weight excluding hydrogens is 1180 g/mol. The van der Waals surface area contributed by atoms with E-state index in [1.54, 1.807) is 106 Å². The first kappa shape index (κ1) is 75.9. The summed E-state index contributed by atoms with van der Waals surface area (Å²) in [6.45, 7) is 16.3. The average molecular weight is 1280 g/mol. The Morgan fingerprint density at radius 1 is 0.567 bits per heavy atom. The predicted octanol–water partition coefficient (Wildman–Crippen LogP) is -2.96. The van der Waals surface area contributed by atoms with Gasteiger partial charge in [-0.15, -0.1) is 0 Å². The number of aliphatic hydroxyl groups excluding tert-OH is 3. The third kappa shape index (κ3) is 28.0. The van der Waals surface area contributed by atoms with Crippen LogP contribution in [-0.2, 0) is 68.6 Å². The van der Waals surface area contributed by atoms with Crippen LogP contribution in [-0.4, -0.2) is 209 Å². The van der Waals surface area contributed by atoms with Gasteiger partial charge in [-0.3, -0.25) is 47.9 Å². The van der Waals surface area contributed by atoms with E-state index in [4.69, 9.17) is 14.2 Å². The average Bonchev–Trinajstić information content (AvgIpc) is 1.38. The molecule has 90 heavy (non-hydrogen) atoms. The Hall–Kier alpha value is -8.39. The second kappa shape index (κ2) is 35.1. The van der Waals surface area contributed by atoms with E-state index in [1.165, 1.54) is 0 Å². The van der Waals surface area contributed by atoms with Crippen molar-refractivity contribution in [2.45, 2.75) is 211 Å². The molecule has 0 radical (unpaired) electrons. The van der Waals surface area contributed by atoms with Crippen molar-refractivity contribution in [3.05, 3.63) is 35.9 Å². The van der Waals surface area contributed by atoms with Gasteiger partial charge in [0.25, 0.3) is 0 Å². The molecule has 0 aromatic heterocycles. The van der Waals surface area contributed by atoms with Gasteiger partial charge in [-0.1, -0.05) is 44.2 Å². The van der Waals surface area contributed by atoms with Crippen LogP contribution in [0, 0.1) is 5.92 Å². The van der Waals surface area contributed by atoms with Gasteiger partial charge in [0.2, 0.25) is 59.1 Å². The third-order valence-electron chi connectivity index (χ3n) is 13.1. The number of alkyl carbamates (subject to hydrolysis) is 3. The Balaban J connectivity index is 2.27. The van der Waals surface area contributed by atoms with Gasteiger partial charge in [-0.05, 0) is 113 Å². The molecule has 3 rings (SSSR count). The van der Waals surface area contributed by atoms with Crippen LogP contribution in [0.5, 0.6) is 0 Å². The zero-order chi connectivity index (χ0) is 67.8. The fourth-order valence-corrected chi connectivity index (χ4v) is 8.77. The number of hydrogen-bond donors (Lipinski definition) is 16. The van der Waals surface area contributed by atoms with E-state index in [9.17, 15) is 77.6 Å². The summed E-state index contributed by atoms with van der Waals surface area (Å²) in [7, 11) is 0. The van der Waals surface area contributed by atoms with Crippen LogP contribution < -0.4 is 69.1 Å². The minimum Gasteiger partial charge on any atom is -0.444 e. The number of aliphatic hydroxyl groups is 3. The molecule has 32 heteroatoms. The Morgan fingerprint density at radius 3 is 1.41 bits per heavy atom. The van der Waals surface area contributed by atoms with Crippen molar-refractivity contribution in [3.63, 3.8) is 0 Å². The number of carbonyl (C=O) groups excluding carboxylic acids is 13. The van der Waals surface area contributed by atoms with Gasteiger partial charge in [-0.2, -0.15) is 0 Å². The summed E-state index contributed by atoms with van der Waals surface area (Å²) in [4.78, 5) is 179. The Morgan fingerprint density at radius 2 is 0.989 bits per heavy atom. The highest BCUT2D eigenvalue weighted by atomic mass is 16.6. The second-order valence-electron chi connectivity index (χ2n) is 25.2. The van der Waals surface area contributed by atoms with Crippen LogP contribution in [0.1, 0.15) is 127 Å². The summed E-state index contributed by atoms with van der Waals surface area (Å²) in [5.74, 6) is -10.8. The van der Waals surface area contributed by atoms with Crippen molar-refractivity contribution in [1.29, 1.82) is 0 Å². The Bertz CT molecular complexity index is 2680. The maximum Gasteiger partial charge on any atom is 0.407 e. The summed E-state index contributed by atoms with van der Waals surface area (Å²) in [6.07, 6.45) is -8.44. The maximum absolute atomic E-state index is 14.8. The lowest BCUT2D eigenvalue weighted by Gasteiger charge is -2.29. The molecule has 0 aliphatic carbocycles. The molecule has 13 amide bonds. The lowest BCUT2D eigenvalue weighted by Crippen LogP contribution is -2.61. The molecule has 2 heterocycles. The third-order valence-corrected chi connectivity index (χ3v) is 13.1.